The van der Waals surface area contributed by atoms with Crippen molar-refractivity contribution in [3.05, 3.63) is 76.9 Å². The first-order valence-corrected chi connectivity index (χ1v) is 10.1. The van der Waals surface area contributed by atoms with Gasteiger partial charge in [-0.15, -0.1) is 11.6 Å². The smallest absolute Gasteiger partial charge is 0.239 e. The summed E-state index contributed by atoms with van der Waals surface area (Å²) in [6.45, 7) is 0. The number of ether oxygens (including phenoxy) is 2. The maximum absolute atomic E-state index is 11.3. The number of carbonyl (C=O) groups excluding carboxylic acids is 1. The van der Waals surface area contributed by atoms with Crippen LogP contribution < -0.4 is 14.8 Å². The fourth-order valence-electron chi connectivity index (χ4n) is 3.21. The fourth-order valence-corrected chi connectivity index (χ4v) is 3.54. The summed E-state index contributed by atoms with van der Waals surface area (Å²) in [4.78, 5) is 15.5. The molecule has 1 N–H and O–H groups in total. The molecule has 148 valence electrons. The number of hydrogen-bond donors (Lipinski definition) is 1. The number of benzene rings is 2. The van der Waals surface area contributed by atoms with Gasteiger partial charge in [0.05, 0.1) is 11.9 Å². The highest BCUT2D eigenvalue weighted by atomic mass is 35.5. The Kier molecular flexibility index (Phi) is 5.88. The number of pyridine rings is 1. The molecule has 0 aliphatic carbocycles. The molecule has 0 spiro atoms. The van der Waals surface area contributed by atoms with Crippen molar-refractivity contribution in [2.24, 2.45) is 0 Å². The topological polar surface area (TPSA) is 60.5 Å². The molecule has 0 radical (unpaired) electrons. The van der Waals surface area contributed by atoms with Crippen LogP contribution in [0.5, 0.6) is 17.4 Å². The molecule has 29 heavy (non-hydrogen) atoms. The van der Waals surface area contributed by atoms with Crippen molar-refractivity contribution in [2.45, 2.75) is 18.9 Å². The van der Waals surface area contributed by atoms with E-state index in [4.69, 9.17) is 32.7 Å². The number of carbonyl (C=O) groups is 1. The zero-order chi connectivity index (χ0) is 20.2. The highest BCUT2D eigenvalue weighted by molar-refractivity contribution is 6.31. The van der Waals surface area contributed by atoms with Gasteiger partial charge >= 0.3 is 0 Å². The number of rotatable bonds is 5. The Labute approximate surface area is 178 Å². The summed E-state index contributed by atoms with van der Waals surface area (Å²) in [5.74, 6) is 1.55. The van der Waals surface area contributed by atoms with Gasteiger partial charge in [-0.2, -0.15) is 0 Å². The highest BCUT2D eigenvalue weighted by Gasteiger charge is 2.23. The van der Waals surface area contributed by atoms with Crippen LogP contribution in [0.4, 0.5) is 5.69 Å². The van der Waals surface area contributed by atoms with E-state index in [0.29, 0.717) is 17.3 Å². The number of aromatic nitrogens is 1. The molecule has 1 unspecified atom stereocenters. The second-order valence-electron chi connectivity index (χ2n) is 6.61. The Morgan fingerprint density at radius 2 is 2.07 bits per heavy atom. The molecule has 0 saturated heterocycles. The zero-order valence-electron chi connectivity index (χ0n) is 15.4. The molecule has 7 heteroatoms. The molecular weight excluding hydrogens is 411 g/mol. The molecule has 0 saturated carbocycles. The van der Waals surface area contributed by atoms with Gasteiger partial charge in [-0.1, -0.05) is 29.8 Å². The van der Waals surface area contributed by atoms with Gasteiger partial charge in [0.15, 0.2) is 0 Å². The average Bonchev–Trinajstić information content (AvgIpc) is 2.75. The number of hydrogen-bond acceptors (Lipinski definition) is 4. The van der Waals surface area contributed by atoms with Crippen LogP contribution in [0.15, 0.2) is 60.8 Å². The van der Waals surface area contributed by atoms with Crippen molar-refractivity contribution in [1.82, 2.24) is 4.98 Å². The summed E-state index contributed by atoms with van der Waals surface area (Å²) in [5.41, 5.74) is 2.65. The van der Waals surface area contributed by atoms with E-state index < -0.39 is 0 Å². The van der Waals surface area contributed by atoms with Gasteiger partial charge in [-0.25, -0.2) is 4.98 Å². The summed E-state index contributed by atoms with van der Waals surface area (Å²) >= 11 is 11.8. The van der Waals surface area contributed by atoms with Gasteiger partial charge in [-0.3, -0.25) is 4.79 Å². The van der Waals surface area contributed by atoms with Crippen LogP contribution in [0.3, 0.4) is 0 Å². The first-order valence-electron chi connectivity index (χ1n) is 9.16. The van der Waals surface area contributed by atoms with E-state index in [0.717, 1.165) is 34.7 Å². The van der Waals surface area contributed by atoms with Crippen LogP contribution in [0, 0.1) is 0 Å². The lowest BCUT2D eigenvalue weighted by Crippen LogP contribution is -2.15. The molecule has 1 aromatic heterocycles. The van der Waals surface area contributed by atoms with Crippen molar-refractivity contribution in [3.8, 4) is 17.4 Å². The standard InChI is InChI=1S/C22H18Cl2N2O3/c23-12-21(27)26-15-6-10-22(25-13-15)28-16-7-9-19-14(11-16)5-8-20(29-19)17-3-1-2-4-18(17)24/h1-4,6-7,9-11,13,20H,5,8,12H2,(H,26,27). The Bertz CT molecular complexity index is 1020. The lowest BCUT2D eigenvalue weighted by molar-refractivity contribution is -0.113. The molecular formula is C22H18Cl2N2O3. The zero-order valence-corrected chi connectivity index (χ0v) is 16.9. The third-order valence-electron chi connectivity index (χ3n) is 4.59. The summed E-state index contributed by atoms with van der Waals surface area (Å²) in [6, 6.07) is 16.9. The van der Waals surface area contributed by atoms with Crippen LogP contribution in [-0.4, -0.2) is 16.8 Å². The lowest BCUT2D eigenvalue weighted by atomic mass is 9.97. The highest BCUT2D eigenvalue weighted by Crippen LogP contribution is 2.39. The number of fused-ring (bicyclic) bond motifs is 1. The molecule has 2 heterocycles. The number of amides is 1. The van der Waals surface area contributed by atoms with Gasteiger partial charge in [-0.05, 0) is 48.7 Å². The predicted octanol–water partition coefficient (Wildman–Crippen LogP) is 5.77. The van der Waals surface area contributed by atoms with Gasteiger partial charge in [0, 0.05) is 16.7 Å². The molecule has 1 aliphatic heterocycles. The number of halogens is 2. The van der Waals surface area contributed by atoms with E-state index >= 15 is 0 Å². The molecule has 1 aliphatic rings. The summed E-state index contributed by atoms with van der Waals surface area (Å²) < 4.78 is 12.0. The van der Waals surface area contributed by atoms with Gasteiger partial charge in [0.25, 0.3) is 0 Å². The number of nitrogens with zero attached hydrogens (tertiary/aromatic N) is 1. The van der Waals surface area contributed by atoms with Crippen molar-refractivity contribution >= 4 is 34.8 Å². The largest absolute Gasteiger partial charge is 0.485 e. The van der Waals surface area contributed by atoms with Crippen LogP contribution in [0.1, 0.15) is 23.7 Å². The van der Waals surface area contributed by atoms with E-state index in [-0.39, 0.29) is 17.9 Å². The Hall–Kier alpha value is -2.76. The quantitative estimate of drug-likeness (QED) is 0.523. The molecule has 1 atom stereocenters. The van der Waals surface area contributed by atoms with Crippen LogP contribution >= 0.6 is 23.2 Å². The summed E-state index contributed by atoms with van der Waals surface area (Å²) in [7, 11) is 0. The summed E-state index contributed by atoms with van der Waals surface area (Å²) in [6.07, 6.45) is 3.17. The molecule has 2 aromatic carbocycles. The molecule has 1 amide bonds. The molecule has 0 bridgehead atoms. The average molecular weight is 429 g/mol. The maximum atomic E-state index is 11.3. The fraction of sp³-hybridized carbons (Fsp3) is 0.182. The second-order valence-corrected chi connectivity index (χ2v) is 7.28. The number of nitrogens with one attached hydrogen (secondary N) is 1. The minimum absolute atomic E-state index is 0.0552. The Morgan fingerprint density at radius 1 is 1.21 bits per heavy atom. The van der Waals surface area contributed by atoms with E-state index in [2.05, 4.69) is 10.3 Å². The van der Waals surface area contributed by atoms with Crippen molar-refractivity contribution < 1.29 is 14.3 Å². The minimum Gasteiger partial charge on any atom is -0.485 e. The van der Waals surface area contributed by atoms with Crippen LogP contribution in [-0.2, 0) is 11.2 Å². The van der Waals surface area contributed by atoms with Gasteiger partial charge < -0.3 is 14.8 Å². The Morgan fingerprint density at radius 3 is 2.83 bits per heavy atom. The third kappa shape index (κ3) is 4.63. The van der Waals surface area contributed by atoms with Crippen molar-refractivity contribution in [2.75, 3.05) is 11.2 Å². The molecule has 3 aromatic rings. The monoisotopic (exact) mass is 428 g/mol. The third-order valence-corrected chi connectivity index (χ3v) is 5.18. The van der Waals surface area contributed by atoms with E-state index in [1.807, 2.05) is 42.5 Å². The normalized spacial score (nSPS) is 15.2. The van der Waals surface area contributed by atoms with Gasteiger partial charge in [0.2, 0.25) is 11.8 Å². The van der Waals surface area contributed by atoms with E-state index in [9.17, 15) is 4.79 Å². The molecule has 5 nitrogen and oxygen atoms in total. The Balaban J connectivity index is 1.44. The van der Waals surface area contributed by atoms with Crippen LogP contribution in [0.25, 0.3) is 0 Å². The van der Waals surface area contributed by atoms with Crippen LogP contribution in [0.2, 0.25) is 5.02 Å². The summed E-state index contributed by atoms with van der Waals surface area (Å²) in [5, 5.41) is 3.35. The minimum atomic E-state index is -0.285. The first-order chi connectivity index (χ1) is 14.1. The predicted molar refractivity (Wildman–Crippen MR) is 113 cm³/mol. The molecule has 0 fully saturated rings. The van der Waals surface area contributed by atoms with Gasteiger partial charge in [0.1, 0.15) is 23.5 Å². The number of aryl methyl sites for hydroxylation is 1. The lowest BCUT2D eigenvalue weighted by Gasteiger charge is -2.27. The molecule has 4 rings (SSSR count). The SMILES string of the molecule is O=C(CCl)Nc1ccc(Oc2ccc3c(c2)CCC(c2ccccc2Cl)O3)nc1. The first kappa shape index (κ1) is 19.6. The number of alkyl halides is 1. The van der Waals surface area contributed by atoms with E-state index in [1.54, 1.807) is 12.1 Å². The van der Waals surface area contributed by atoms with Crippen molar-refractivity contribution in [1.29, 1.82) is 0 Å². The van der Waals surface area contributed by atoms with Crippen molar-refractivity contribution in [3.63, 3.8) is 0 Å². The maximum Gasteiger partial charge on any atom is 0.239 e. The van der Waals surface area contributed by atoms with E-state index in [1.165, 1.54) is 6.20 Å². The second kappa shape index (κ2) is 8.72. The number of anilines is 1.